The molecule has 1 aliphatic carbocycles. The number of aryl methyl sites for hydroxylation is 1. The van der Waals surface area contributed by atoms with Crippen LogP contribution in [0.4, 0.5) is 0 Å². The minimum Gasteiger partial charge on any atom is -0.426 e. The van der Waals surface area contributed by atoms with E-state index < -0.39 is 0 Å². The van der Waals surface area contributed by atoms with Crippen LogP contribution in [0.2, 0.25) is 0 Å². The Bertz CT molecular complexity index is 498. The van der Waals surface area contributed by atoms with Crippen molar-refractivity contribution in [2.24, 2.45) is 11.8 Å². The largest absolute Gasteiger partial charge is 0.426 e. The Morgan fingerprint density at radius 1 is 1.18 bits per heavy atom. The molecule has 122 valence electrons. The molecule has 1 aliphatic rings. The summed E-state index contributed by atoms with van der Waals surface area (Å²) >= 11 is 0. The Kier molecular flexibility index (Phi) is 6.05. The van der Waals surface area contributed by atoms with E-state index in [4.69, 9.17) is 4.74 Å². The standard InChI is InChI=1S/C20H30O2/c1-14(2)18-11-10-15(3)12-19(18)22-20(21)13-16(4)17-8-6-5-7-9-17/h10-12,14,16-17H,5-9,13H2,1-4H3. The fraction of sp³-hybridized carbons (Fsp3) is 0.650. The molecule has 0 amide bonds. The van der Waals surface area contributed by atoms with Crippen LogP contribution in [-0.4, -0.2) is 5.97 Å². The maximum atomic E-state index is 12.3. The van der Waals surface area contributed by atoms with Gasteiger partial charge in [-0.15, -0.1) is 0 Å². The Hall–Kier alpha value is -1.31. The average Bonchev–Trinajstić information content (AvgIpc) is 2.47. The number of benzene rings is 1. The van der Waals surface area contributed by atoms with Gasteiger partial charge in [-0.1, -0.05) is 65.0 Å². The number of carbonyl (C=O) groups is 1. The predicted octanol–water partition coefficient (Wildman–Crippen LogP) is 5.63. The van der Waals surface area contributed by atoms with E-state index in [1.807, 2.05) is 13.0 Å². The summed E-state index contributed by atoms with van der Waals surface area (Å²) in [6.45, 7) is 8.50. The average molecular weight is 302 g/mol. The highest BCUT2D eigenvalue weighted by molar-refractivity contribution is 5.73. The number of rotatable bonds is 5. The lowest BCUT2D eigenvalue weighted by atomic mass is 9.79. The first-order valence-corrected chi connectivity index (χ1v) is 8.78. The van der Waals surface area contributed by atoms with Crippen molar-refractivity contribution in [3.63, 3.8) is 0 Å². The maximum Gasteiger partial charge on any atom is 0.311 e. The van der Waals surface area contributed by atoms with Gasteiger partial charge in [-0.25, -0.2) is 0 Å². The van der Waals surface area contributed by atoms with Crippen LogP contribution < -0.4 is 4.74 Å². The molecule has 1 unspecified atom stereocenters. The molecule has 1 saturated carbocycles. The van der Waals surface area contributed by atoms with Crippen LogP contribution in [0.15, 0.2) is 18.2 Å². The number of carbonyl (C=O) groups excluding carboxylic acids is 1. The number of hydrogen-bond acceptors (Lipinski definition) is 2. The molecular weight excluding hydrogens is 272 g/mol. The Labute approximate surface area is 135 Å². The van der Waals surface area contributed by atoms with Gasteiger partial charge in [0.15, 0.2) is 0 Å². The molecule has 0 radical (unpaired) electrons. The summed E-state index contributed by atoms with van der Waals surface area (Å²) < 4.78 is 5.71. The Morgan fingerprint density at radius 3 is 2.50 bits per heavy atom. The van der Waals surface area contributed by atoms with Crippen molar-refractivity contribution in [2.75, 3.05) is 0 Å². The molecule has 1 atom stereocenters. The molecule has 0 aliphatic heterocycles. The van der Waals surface area contributed by atoms with Gasteiger partial charge in [-0.2, -0.15) is 0 Å². The molecule has 22 heavy (non-hydrogen) atoms. The molecule has 1 aromatic carbocycles. The lowest BCUT2D eigenvalue weighted by Crippen LogP contribution is -2.21. The summed E-state index contributed by atoms with van der Waals surface area (Å²) in [5.41, 5.74) is 2.25. The second kappa shape index (κ2) is 7.80. The van der Waals surface area contributed by atoms with Crippen LogP contribution in [0, 0.1) is 18.8 Å². The molecule has 1 fully saturated rings. The molecule has 2 nitrogen and oxygen atoms in total. The lowest BCUT2D eigenvalue weighted by molar-refractivity contribution is -0.135. The first kappa shape index (κ1) is 17.1. The molecule has 0 N–H and O–H groups in total. The summed E-state index contributed by atoms with van der Waals surface area (Å²) in [7, 11) is 0. The molecule has 1 aromatic rings. The molecule has 0 aromatic heterocycles. The van der Waals surface area contributed by atoms with E-state index in [0.29, 0.717) is 24.2 Å². The van der Waals surface area contributed by atoms with Gasteiger partial charge in [-0.05, 0) is 41.9 Å². The summed E-state index contributed by atoms with van der Waals surface area (Å²) in [6.07, 6.45) is 7.08. The van der Waals surface area contributed by atoms with E-state index in [9.17, 15) is 4.79 Å². The highest BCUT2D eigenvalue weighted by Crippen LogP contribution is 2.32. The zero-order chi connectivity index (χ0) is 16.1. The zero-order valence-corrected chi connectivity index (χ0v) is 14.5. The van der Waals surface area contributed by atoms with Gasteiger partial charge in [-0.3, -0.25) is 4.79 Å². The van der Waals surface area contributed by atoms with E-state index in [-0.39, 0.29) is 5.97 Å². The van der Waals surface area contributed by atoms with Crippen LogP contribution in [0.5, 0.6) is 5.75 Å². The minimum absolute atomic E-state index is 0.0782. The molecule has 2 rings (SSSR count). The summed E-state index contributed by atoms with van der Waals surface area (Å²) in [4.78, 5) is 12.3. The van der Waals surface area contributed by atoms with E-state index >= 15 is 0 Å². The van der Waals surface area contributed by atoms with Crippen LogP contribution in [-0.2, 0) is 4.79 Å². The van der Waals surface area contributed by atoms with Crippen molar-refractivity contribution in [1.82, 2.24) is 0 Å². The molecule has 0 spiro atoms. The van der Waals surface area contributed by atoms with E-state index in [2.05, 4.69) is 32.9 Å². The highest BCUT2D eigenvalue weighted by Gasteiger charge is 2.23. The summed E-state index contributed by atoms with van der Waals surface area (Å²) in [5.74, 6) is 2.16. The van der Waals surface area contributed by atoms with E-state index in [0.717, 1.165) is 16.9 Å². The molecule has 0 bridgehead atoms. The van der Waals surface area contributed by atoms with Crippen LogP contribution in [0.25, 0.3) is 0 Å². The monoisotopic (exact) mass is 302 g/mol. The molecule has 0 saturated heterocycles. The van der Waals surface area contributed by atoms with Crippen molar-refractivity contribution in [2.45, 2.75) is 72.1 Å². The smallest absolute Gasteiger partial charge is 0.311 e. The number of hydrogen-bond donors (Lipinski definition) is 0. The van der Waals surface area contributed by atoms with Crippen molar-refractivity contribution in [3.8, 4) is 5.75 Å². The SMILES string of the molecule is Cc1ccc(C(C)C)c(OC(=O)CC(C)C2CCCCC2)c1. The second-order valence-corrected chi connectivity index (χ2v) is 7.25. The van der Waals surface area contributed by atoms with E-state index in [1.54, 1.807) is 0 Å². The van der Waals surface area contributed by atoms with Crippen LogP contribution >= 0.6 is 0 Å². The van der Waals surface area contributed by atoms with Gasteiger partial charge >= 0.3 is 5.97 Å². The van der Waals surface area contributed by atoms with Crippen molar-refractivity contribution < 1.29 is 9.53 Å². The third-order valence-corrected chi connectivity index (χ3v) is 4.96. The van der Waals surface area contributed by atoms with Gasteiger partial charge in [0, 0.05) is 6.42 Å². The maximum absolute atomic E-state index is 12.3. The number of ether oxygens (including phenoxy) is 1. The van der Waals surface area contributed by atoms with Gasteiger partial charge in [0.1, 0.15) is 5.75 Å². The second-order valence-electron chi connectivity index (χ2n) is 7.25. The molecule has 2 heteroatoms. The van der Waals surface area contributed by atoms with Gasteiger partial charge in [0.05, 0.1) is 0 Å². The topological polar surface area (TPSA) is 26.3 Å². The number of esters is 1. The van der Waals surface area contributed by atoms with Crippen molar-refractivity contribution in [3.05, 3.63) is 29.3 Å². The van der Waals surface area contributed by atoms with Gasteiger partial charge in [0.25, 0.3) is 0 Å². The Morgan fingerprint density at radius 2 is 1.86 bits per heavy atom. The van der Waals surface area contributed by atoms with Gasteiger partial charge in [0.2, 0.25) is 0 Å². The van der Waals surface area contributed by atoms with Crippen molar-refractivity contribution >= 4 is 5.97 Å². The zero-order valence-electron chi connectivity index (χ0n) is 14.5. The summed E-state index contributed by atoms with van der Waals surface area (Å²) in [5, 5.41) is 0. The first-order valence-electron chi connectivity index (χ1n) is 8.78. The Balaban J connectivity index is 1.98. The quantitative estimate of drug-likeness (QED) is 0.520. The van der Waals surface area contributed by atoms with Gasteiger partial charge < -0.3 is 4.74 Å². The highest BCUT2D eigenvalue weighted by atomic mass is 16.5. The third kappa shape index (κ3) is 4.59. The fourth-order valence-corrected chi connectivity index (χ4v) is 3.50. The van der Waals surface area contributed by atoms with Crippen molar-refractivity contribution in [1.29, 1.82) is 0 Å². The lowest BCUT2D eigenvalue weighted by Gasteiger charge is -2.27. The third-order valence-electron chi connectivity index (χ3n) is 4.96. The predicted molar refractivity (Wildman–Crippen MR) is 91.3 cm³/mol. The molecular formula is C20H30O2. The normalized spacial score (nSPS) is 17.5. The fourth-order valence-electron chi connectivity index (χ4n) is 3.50. The molecule has 0 heterocycles. The van der Waals surface area contributed by atoms with Crippen LogP contribution in [0.3, 0.4) is 0 Å². The first-order chi connectivity index (χ1) is 10.5. The van der Waals surface area contributed by atoms with Crippen LogP contribution in [0.1, 0.15) is 76.3 Å². The summed E-state index contributed by atoms with van der Waals surface area (Å²) in [6, 6.07) is 6.14. The van der Waals surface area contributed by atoms with E-state index in [1.165, 1.54) is 32.1 Å². The minimum atomic E-state index is -0.0782.